The minimum atomic E-state index is -0.220. The molecule has 2 fully saturated rings. The molecule has 1 aromatic carbocycles. The van der Waals surface area contributed by atoms with Gasteiger partial charge in [-0.1, -0.05) is 30.3 Å². The summed E-state index contributed by atoms with van der Waals surface area (Å²) in [7, 11) is 0. The lowest BCUT2D eigenvalue weighted by atomic mass is 10.1. The first-order chi connectivity index (χ1) is 14.1. The zero-order valence-electron chi connectivity index (χ0n) is 16.6. The summed E-state index contributed by atoms with van der Waals surface area (Å²) in [6.07, 6.45) is 2.37. The summed E-state index contributed by atoms with van der Waals surface area (Å²) in [4.78, 5) is 28.5. The molecule has 1 saturated heterocycles. The Labute approximate surface area is 174 Å². The van der Waals surface area contributed by atoms with E-state index in [1.807, 2.05) is 37.3 Å². The van der Waals surface area contributed by atoms with Gasteiger partial charge in [0.15, 0.2) is 0 Å². The number of amides is 2. The first-order valence-corrected chi connectivity index (χ1v) is 10.9. The Morgan fingerprint density at radius 1 is 1.21 bits per heavy atom. The third-order valence-electron chi connectivity index (χ3n) is 5.23. The molecule has 0 spiro atoms. The molecule has 2 aromatic rings. The number of carbonyl (C=O) groups is 2. The van der Waals surface area contributed by atoms with E-state index in [4.69, 9.17) is 9.47 Å². The Hall–Kier alpha value is -2.22. The quantitative estimate of drug-likeness (QED) is 0.752. The van der Waals surface area contributed by atoms with Crippen molar-refractivity contribution in [3.63, 3.8) is 0 Å². The number of thiophene rings is 1. The predicted molar refractivity (Wildman–Crippen MR) is 113 cm³/mol. The Bertz CT molecular complexity index is 870. The smallest absolute Gasteiger partial charge is 0.257 e. The fraction of sp³-hybridized carbons (Fsp3) is 0.455. The van der Waals surface area contributed by atoms with Gasteiger partial charge in [0.25, 0.3) is 11.8 Å². The van der Waals surface area contributed by atoms with Gasteiger partial charge in [0.1, 0.15) is 11.6 Å². The van der Waals surface area contributed by atoms with Crippen molar-refractivity contribution in [1.82, 2.24) is 4.90 Å². The van der Waals surface area contributed by atoms with Crippen molar-refractivity contribution in [3.8, 4) is 10.4 Å². The number of benzene rings is 1. The topological polar surface area (TPSA) is 67.9 Å². The maximum atomic E-state index is 13.3. The number of ether oxygens (including phenoxy) is 2. The van der Waals surface area contributed by atoms with Crippen LogP contribution >= 0.6 is 11.3 Å². The number of hydrogen-bond acceptors (Lipinski definition) is 5. The maximum Gasteiger partial charge on any atom is 0.257 e. The largest absolute Gasteiger partial charge is 0.378 e. The fourth-order valence-electron chi connectivity index (χ4n) is 3.41. The highest BCUT2D eigenvalue weighted by Crippen LogP contribution is 2.40. The van der Waals surface area contributed by atoms with Gasteiger partial charge >= 0.3 is 0 Å². The number of nitrogens with one attached hydrogen (secondary N) is 1. The molecule has 7 heteroatoms. The van der Waals surface area contributed by atoms with E-state index in [1.165, 1.54) is 24.2 Å². The molecule has 0 bridgehead atoms. The van der Waals surface area contributed by atoms with Crippen LogP contribution in [0.5, 0.6) is 0 Å². The molecule has 1 N–H and O–H groups in total. The summed E-state index contributed by atoms with van der Waals surface area (Å²) in [6, 6.07) is 9.95. The van der Waals surface area contributed by atoms with Crippen molar-refractivity contribution in [2.45, 2.75) is 19.8 Å². The summed E-state index contributed by atoms with van der Waals surface area (Å²) >= 11 is 1.45. The molecule has 154 valence electrons. The first-order valence-electron chi connectivity index (χ1n) is 10.1. The normalized spacial score (nSPS) is 16.7. The Kier molecular flexibility index (Phi) is 6.28. The fourth-order valence-corrected chi connectivity index (χ4v) is 4.63. The average molecular weight is 415 g/mol. The molecule has 1 saturated carbocycles. The second-order valence-corrected chi connectivity index (χ2v) is 8.56. The van der Waals surface area contributed by atoms with Gasteiger partial charge in [0.2, 0.25) is 0 Å². The summed E-state index contributed by atoms with van der Waals surface area (Å²) in [5.41, 5.74) is 2.51. The Balaban J connectivity index is 1.58. The molecule has 29 heavy (non-hydrogen) atoms. The minimum Gasteiger partial charge on any atom is -0.378 e. The lowest BCUT2D eigenvalue weighted by Gasteiger charge is -2.27. The van der Waals surface area contributed by atoms with Gasteiger partial charge in [-0.25, -0.2) is 0 Å². The number of nitrogens with zero attached hydrogens (tertiary/aromatic N) is 1. The molecule has 0 radical (unpaired) electrons. The Morgan fingerprint density at radius 2 is 1.93 bits per heavy atom. The van der Waals surface area contributed by atoms with Gasteiger partial charge in [0, 0.05) is 18.0 Å². The lowest BCUT2D eigenvalue weighted by Crippen LogP contribution is -2.41. The molecule has 0 atom stereocenters. The van der Waals surface area contributed by atoms with Crippen LogP contribution in [0.4, 0.5) is 5.00 Å². The van der Waals surface area contributed by atoms with Crippen LogP contribution in [0.15, 0.2) is 30.3 Å². The maximum absolute atomic E-state index is 13.3. The van der Waals surface area contributed by atoms with Crippen LogP contribution in [0.25, 0.3) is 10.4 Å². The van der Waals surface area contributed by atoms with E-state index in [0.29, 0.717) is 49.4 Å². The molecule has 2 amide bonds. The van der Waals surface area contributed by atoms with Crippen LogP contribution in [-0.2, 0) is 14.3 Å². The van der Waals surface area contributed by atoms with Crippen molar-refractivity contribution in [2.24, 2.45) is 5.92 Å². The number of morpholine rings is 1. The van der Waals surface area contributed by atoms with E-state index in [1.54, 1.807) is 4.90 Å². The number of hydrogen-bond donors (Lipinski definition) is 1. The summed E-state index contributed by atoms with van der Waals surface area (Å²) in [5.74, 6) is 0.330. The lowest BCUT2D eigenvalue weighted by molar-refractivity contribution is -0.120. The van der Waals surface area contributed by atoms with Gasteiger partial charge < -0.3 is 19.7 Å². The molecular formula is C22H26N2O4S. The highest BCUT2D eigenvalue weighted by atomic mass is 32.1. The van der Waals surface area contributed by atoms with Crippen LogP contribution in [0.3, 0.4) is 0 Å². The Morgan fingerprint density at radius 3 is 2.62 bits per heavy atom. The SMILES string of the molecule is Cc1c(-c2ccccc2)sc(NC(=O)COCC2CC2)c1C(=O)N1CCOCC1. The standard InChI is InChI=1S/C22H26N2O4S/c1-15-19(22(26)24-9-11-27-12-10-24)21(23-18(25)14-28-13-16-7-8-16)29-20(15)17-5-3-2-4-6-17/h2-6,16H,7-14H2,1H3,(H,23,25). The highest BCUT2D eigenvalue weighted by Gasteiger charge is 2.28. The molecule has 1 aromatic heterocycles. The number of anilines is 1. The van der Waals surface area contributed by atoms with E-state index in [2.05, 4.69) is 5.32 Å². The van der Waals surface area contributed by atoms with Gasteiger partial charge in [0.05, 0.1) is 25.4 Å². The van der Waals surface area contributed by atoms with E-state index in [-0.39, 0.29) is 18.4 Å². The van der Waals surface area contributed by atoms with Crippen LogP contribution in [0.1, 0.15) is 28.8 Å². The van der Waals surface area contributed by atoms with Crippen molar-refractivity contribution in [3.05, 3.63) is 41.5 Å². The molecule has 6 nitrogen and oxygen atoms in total. The zero-order chi connectivity index (χ0) is 20.2. The van der Waals surface area contributed by atoms with Crippen molar-refractivity contribution < 1.29 is 19.1 Å². The second kappa shape index (κ2) is 9.07. The molecule has 0 unspecified atom stereocenters. The average Bonchev–Trinajstić information content (AvgIpc) is 3.51. The van der Waals surface area contributed by atoms with E-state index in [0.717, 1.165) is 16.0 Å². The summed E-state index contributed by atoms with van der Waals surface area (Å²) in [5, 5.41) is 3.53. The monoisotopic (exact) mass is 414 g/mol. The molecular weight excluding hydrogens is 388 g/mol. The van der Waals surface area contributed by atoms with Crippen LogP contribution in [0.2, 0.25) is 0 Å². The molecule has 1 aliphatic carbocycles. The predicted octanol–water partition coefficient (Wildman–Crippen LogP) is 3.56. The van der Waals surface area contributed by atoms with Gasteiger partial charge in [-0.3, -0.25) is 9.59 Å². The second-order valence-electron chi connectivity index (χ2n) is 7.54. The van der Waals surface area contributed by atoms with Crippen LogP contribution in [0, 0.1) is 12.8 Å². The molecule has 1 aliphatic heterocycles. The van der Waals surface area contributed by atoms with Gasteiger partial charge in [-0.2, -0.15) is 0 Å². The summed E-state index contributed by atoms with van der Waals surface area (Å²) < 4.78 is 10.9. The molecule has 4 rings (SSSR count). The molecule has 2 aliphatic rings. The third-order valence-corrected chi connectivity index (χ3v) is 6.49. The summed E-state index contributed by atoms with van der Waals surface area (Å²) in [6.45, 7) is 4.80. The minimum absolute atomic E-state index is 0.0132. The van der Waals surface area contributed by atoms with E-state index < -0.39 is 0 Å². The van der Waals surface area contributed by atoms with Crippen molar-refractivity contribution in [2.75, 3.05) is 44.8 Å². The van der Waals surface area contributed by atoms with Crippen LogP contribution < -0.4 is 5.32 Å². The van der Waals surface area contributed by atoms with E-state index in [9.17, 15) is 9.59 Å². The van der Waals surface area contributed by atoms with Crippen molar-refractivity contribution >= 4 is 28.2 Å². The van der Waals surface area contributed by atoms with Crippen molar-refractivity contribution in [1.29, 1.82) is 0 Å². The van der Waals surface area contributed by atoms with Crippen LogP contribution in [-0.4, -0.2) is 56.2 Å². The number of rotatable bonds is 7. The zero-order valence-corrected chi connectivity index (χ0v) is 17.4. The highest BCUT2D eigenvalue weighted by molar-refractivity contribution is 7.20. The molecule has 2 heterocycles. The third kappa shape index (κ3) is 4.86. The van der Waals surface area contributed by atoms with E-state index >= 15 is 0 Å². The van der Waals surface area contributed by atoms with Gasteiger partial charge in [-0.05, 0) is 36.8 Å². The first kappa shape index (κ1) is 20.1. The number of carbonyl (C=O) groups excluding carboxylic acids is 2. The van der Waals surface area contributed by atoms with Gasteiger partial charge in [-0.15, -0.1) is 11.3 Å².